The van der Waals surface area contributed by atoms with Crippen molar-refractivity contribution < 1.29 is 4.74 Å². The first-order valence-corrected chi connectivity index (χ1v) is 10.1. The SMILES string of the molecule is Cc1cc(C2CC2)cc(Cl)c1-n1cc2c(=O)[nH]c(N3C[C@H]4C[C@@H]3CO4)nc2n1. The van der Waals surface area contributed by atoms with Gasteiger partial charge in [0.2, 0.25) is 5.95 Å². The molecule has 2 atom stereocenters. The number of rotatable bonds is 3. The minimum absolute atomic E-state index is 0.182. The van der Waals surface area contributed by atoms with Gasteiger partial charge < -0.3 is 9.64 Å². The fraction of sp³-hybridized carbons (Fsp3) is 0.450. The topological polar surface area (TPSA) is 76.0 Å². The lowest BCUT2D eigenvalue weighted by molar-refractivity contribution is 0.0986. The van der Waals surface area contributed by atoms with Crippen molar-refractivity contribution in [3.8, 4) is 5.69 Å². The number of morpholine rings is 1. The largest absolute Gasteiger partial charge is 0.374 e. The Morgan fingerprint density at radius 1 is 1.32 bits per heavy atom. The maximum Gasteiger partial charge on any atom is 0.263 e. The lowest BCUT2D eigenvalue weighted by atomic mass is 10.1. The van der Waals surface area contributed by atoms with Gasteiger partial charge in [0.15, 0.2) is 5.65 Å². The van der Waals surface area contributed by atoms with Crippen LogP contribution in [0.5, 0.6) is 0 Å². The van der Waals surface area contributed by atoms with E-state index >= 15 is 0 Å². The third-order valence-corrected chi connectivity index (χ3v) is 6.39. The zero-order valence-corrected chi connectivity index (χ0v) is 16.2. The van der Waals surface area contributed by atoms with E-state index in [0.29, 0.717) is 34.5 Å². The summed E-state index contributed by atoms with van der Waals surface area (Å²) in [5, 5.41) is 5.71. The second kappa shape index (κ2) is 5.81. The number of nitrogens with one attached hydrogen (secondary N) is 1. The van der Waals surface area contributed by atoms with Gasteiger partial charge in [-0.25, -0.2) is 4.68 Å². The molecule has 2 bridgehead atoms. The smallest absolute Gasteiger partial charge is 0.263 e. The maximum atomic E-state index is 12.7. The summed E-state index contributed by atoms with van der Waals surface area (Å²) in [5.41, 5.74) is 3.39. The first-order chi connectivity index (χ1) is 13.6. The van der Waals surface area contributed by atoms with Crippen LogP contribution in [-0.2, 0) is 4.74 Å². The lowest BCUT2D eigenvalue weighted by Crippen LogP contribution is -2.38. The highest BCUT2D eigenvalue weighted by Crippen LogP contribution is 2.42. The van der Waals surface area contributed by atoms with E-state index in [4.69, 9.17) is 16.3 Å². The fourth-order valence-corrected chi connectivity index (χ4v) is 4.88. The Morgan fingerprint density at radius 3 is 2.86 bits per heavy atom. The molecule has 0 amide bonds. The Labute approximate surface area is 166 Å². The predicted molar refractivity (Wildman–Crippen MR) is 107 cm³/mol. The normalized spacial score (nSPS) is 23.9. The molecule has 1 aromatic carbocycles. The van der Waals surface area contributed by atoms with Crippen molar-refractivity contribution in [2.45, 2.75) is 44.2 Å². The number of H-pyrrole nitrogens is 1. The standard InChI is InChI=1S/C20H20ClN5O2/c1-10-4-12(11-2-3-11)5-16(21)17(10)26-8-15-18(24-26)22-20(23-19(15)27)25-7-14-6-13(25)9-28-14/h4-5,8,11,13-14H,2-3,6-7,9H2,1H3,(H,22,23,24,27)/t13-,14-/m1/s1. The van der Waals surface area contributed by atoms with Gasteiger partial charge in [-0.05, 0) is 49.3 Å². The monoisotopic (exact) mass is 397 g/mol. The van der Waals surface area contributed by atoms with Crippen molar-refractivity contribution in [1.29, 1.82) is 0 Å². The summed E-state index contributed by atoms with van der Waals surface area (Å²) in [5.74, 6) is 1.21. The molecule has 0 spiro atoms. The maximum absolute atomic E-state index is 12.7. The van der Waals surface area contributed by atoms with Crippen LogP contribution in [0.3, 0.4) is 0 Å². The molecule has 3 aliphatic rings. The fourth-order valence-electron chi connectivity index (χ4n) is 4.52. The van der Waals surface area contributed by atoms with E-state index in [-0.39, 0.29) is 17.7 Å². The molecule has 28 heavy (non-hydrogen) atoms. The quantitative estimate of drug-likeness (QED) is 0.735. The van der Waals surface area contributed by atoms with Gasteiger partial charge in [-0.2, -0.15) is 4.98 Å². The Balaban J connectivity index is 1.44. The number of anilines is 1. The van der Waals surface area contributed by atoms with Crippen LogP contribution in [0.2, 0.25) is 5.02 Å². The molecule has 1 aliphatic carbocycles. The molecule has 0 radical (unpaired) electrons. The van der Waals surface area contributed by atoms with E-state index < -0.39 is 0 Å². The number of aromatic nitrogens is 4. The summed E-state index contributed by atoms with van der Waals surface area (Å²) in [6.45, 7) is 3.47. The molecule has 4 heterocycles. The summed E-state index contributed by atoms with van der Waals surface area (Å²) in [4.78, 5) is 22.4. The average molecular weight is 398 g/mol. The van der Waals surface area contributed by atoms with E-state index in [0.717, 1.165) is 24.2 Å². The van der Waals surface area contributed by atoms with Crippen molar-refractivity contribution >= 4 is 28.6 Å². The molecule has 3 fully saturated rings. The second-order valence-corrected chi connectivity index (χ2v) is 8.55. The Hall–Kier alpha value is -2.38. The van der Waals surface area contributed by atoms with Crippen LogP contribution in [0.25, 0.3) is 16.7 Å². The van der Waals surface area contributed by atoms with Crippen molar-refractivity contribution in [1.82, 2.24) is 19.7 Å². The summed E-state index contributed by atoms with van der Waals surface area (Å²) in [6.07, 6.45) is 5.39. The molecule has 144 valence electrons. The third kappa shape index (κ3) is 2.49. The number of benzene rings is 1. The highest BCUT2D eigenvalue weighted by molar-refractivity contribution is 6.32. The van der Waals surface area contributed by atoms with Gasteiger partial charge in [0.1, 0.15) is 5.39 Å². The van der Waals surface area contributed by atoms with Gasteiger partial charge in [-0.3, -0.25) is 9.78 Å². The van der Waals surface area contributed by atoms with Crippen LogP contribution in [0.15, 0.2) is 23.1 Å². The van der Waals surface area contributed by atoms with E-state index in [1.165, 1.54) is 18.4 Å². The summed E-state index contributed by atoms with van der Waals surface area (Å²) in [7, 11) is 0. The first-order valence-electron chi connectivity index (χ1n) is 9.75. The number of hydrogen-bond donors (Lipinski definition) is 1. The summed E-state index contributed by atoms with van der Waals surface area (Å²) >= 11 is 6.60. The van der Waals surface area contributed by atoms with Crippen molar-refractivity contribution in [3.63, 3.8) is 0 Å². The number of halogens is 1. The van der Waals surface area contributed by atoms with Gasteiger partial charge >= 0.3 is 0 Å². The Morgan fingerprint density at radius 2 is 2.18 bits per heavy atom. The molecular formula is C20H20ClN5O2. The molecule has 1 N–H and O–H groups in total. The summed E-state index contributed by atoms with van der Waals surface area (Å²) in [6, 6.07) is 4.48. The van der Waals surface area contributed by atoms with Crippen molar-refractivity contribution in [3.05, 3.63) is 44.8 Å². The second-order valence-electron chi connectivity index (χ2n) is 8.14. The molecule has 2 aromatic heterocycles. The van der Waals surface area contributed by atoms with E-state index in [1.54, 1.807) is 10.9 Å². The number of fused-ring (bicyclic) bond motifs is 3. The number of nitrogens with zero attached hydrogens (tertiary/aromatic N) is 4. The number of aryl methyl sites for hydroxylation is 1. The highest BCUT2D eigenvalue weighted by Gasteiger charge is 2.40. The molecule has 2 aliphatic heterocycles. The van der Waals surface area contributed by atoms with Crippen LogP contribution >= 0.6 is 11.6 Å². The Kier molecular flexibility index (Phi) is 3.44. The van der Waals surface area contributed by atoms with E-state index in [2.05, 4.69) is 26.0 Å². The van der Waals surface area contributed by atoms with Gasteiger partial charge in [0, 0.05) is 12.7 Å². The molecule has 0 unspecified atom stereocenters. The number of hydrogen-bond acceptors (Lipinski definition) is 5. The molecule has 3 aromatic rings. The van der Waals surface area contributed by atoms with Crippen LogP contribution in [0, 0.1) is 6.92 Å². The van der Waals surface area contributed by atoms with E-state index in [1.807, 2.05) is 13.0 Å². The number of aromatic amines is 1. The molecular weight excluding hydrogens is 378 g/mol. The molecule has 6 rings (SSSR count). The minimum atomic E-state index is -0.182. The van der Waals surface area contributed by atoms with Crippen LogP contribution in [0.4, 0.5) is 5.95 Å². The first kappa shape index (κ1) is 16.6. The lowest BCUT2D eigenvalue weighted by Gasteiger charge is -2.26. The predicted octanol–water partition coefficient (Wildman–Crippen LogP) is 2.93. The highest BCUT2D eigenvalue weighted by atomic mass is 35.5. The third-order valence-electron chi connectivity index (χ3n) is 6.10. The van der Waals surface area contributed by atoms with Gasteiger partial charge in [0.05, 0.1) is 29.5 Å². The van der Waals surface area contributed by atoms with Crippen LogP contribution < -0.4 is 10.5 Å². The van der Waals surface area contributed by atoms with Gasteiger partial charge in [-0.1, -0.05) is 17.7 Å². The van der Waals surface area contributed by atoms with Crippen LogP contribution in [0.1, 0.15) is 36.3 Å². The molecule has 2 saturated heterocycles. The average Bonchev–Trinajstić information content (AvgIpc) is 3.08. The number of ether oxygens (including phenoxy) is 1. The van der Waals surface area contributed by atoms with Crippen molar-refractivity contribution in [2.24, 2.45) is 0 Å². The van der Waals surface area contributed by atoms with Gasteiger partial charge in [0.25, 0.3) is 5.56 Å². The summed E-state index contributed by atoms with van der Waals surface area (Å²) < 4.78 is 7.33. The van der Waals surface area contributed by atoms with Crippen molar-refractivity contribution in [2.75, 3.05) is 18.1 Å². The van der Waals surface area contributed by atoms with E-state index in [9.17, 15) is 4.79 Å². The zero-order valence-electron chi connectivity index (χ0n) is 15.5. The molecule has 1 saturated carbocycles. The molecule has 7 nitrogen and oxygen atoms in total. The minimum Gasteiger partial charge on any atom is -0.374 e. The Bertz CT molecular complexity index is 1140. The van der Waals surface area contributed by atoms with Crippen LogP contribution in [-0.4, -0.2) is 45.0 Å². The zero-order chi connectivity index (χ0) is 19.0. The molecule has 8 heteroatoms. The van der Waals surface area contributed by atoms with Gasteiger partial charge in [-0.15, -0.1) is 5.10 Å².